The number of hydrogen-bond acceptors (Lipinski definition) is 12. The Morgan fingerprint density at radius 2 is 1.83 bits per heavy atom. The number of aryl methyl sites for hydroxylation is 1. The first-order chi connectivity index (χ1) is 25.6. The van der Waals surface area contributed by atoms with Crippen molar-refractivity contribution < 1.29 is 49.0 Å². The number of thioether (sulfide) groups is 1. The van der Waals surface area contributed by atoms with Crippen molar-refractivity contribution in [3.8, 4) is 22.6 Å². The Labute approximate surface area is 317 Å². The summed E-state index contributed by atoms with van der Waals surface area (Å²) in [5.74, 6) is -4.65. The number of nitrogen functional groups attached to an aromatic ring is 1. The van der Waals surface area contributed by atoms with Crippen molar-refractivity contribution >= 4 is 63.6 Å². The standard InChI is InChI=1S/C38H35N5O9S2/c1-20-16-42(13-12-25(20)23-10-11-28(44)29(45)14-23)17-22-6-4-21(5-7-22)8-9-24-18-53-34-26(33(47)43(34)32(24)35(48)49)15-30(46)31(27-19-54-37(39)40-27)41-52-38(2,3)36(50)51/h4-14,16,19,26,34H,15,17-18H2,1-3H3,(H5,39,40,45,48,49,50,51)/p+1/b9-8?,41-31-/t26-,34-/m1/s1. The first-order valence-corrected chi connectivity index (χ1v) is 18.5. The number of aliphatic carboxylic acids is 2. The summed E-state index contributed by atoms with van der Waals surface area (Å²) in [6, 6.07) is 14.4. The lowest BCUT2D eigenvalue weighted by Crippen LogP contribution is -2.62. The minimum Gasteiger partial charge on any atom is -0.504 e. The van der Waals surface area contributed by atoms with E-state index in [1.54, 1.807) is 18.2 Å². The second kappa shape index (κ2) is 15.2. The number of nitrogens with two attached hydrogens (primary N) is 1. The number of Topliss-reactive ketones (excluding diaryl/α,β-unsaturated/α-hetero) is 1. The van der Waals surface area contributed by atoms with E-state index >= 15 is 0 Å². The number of phenolic OH excluding ortho intramolecular Hbond substituents is 2. The molecule has 0 aliphatic carbocycles. The fourth-order valence-electron chi connectivity index (χ4n) is 5.96. The Morgan fingerprint density at radius 1 is 1.09 bits per heavy atom. The zero-order chi connectivity index (χ0) is 38.9. The molecule has 2 aliphatic rings. The van der Waals surface area contributed by atoms with E-state index in [1.165, 1.54) is 48.0 Å². The van der Waals surface area contributed by atoms with Gasteiger partial charge in [-0.2, -0.15) is 0 Å². The number of oxime groups is 1. The zero-order valence-electron chi connectivity index (χ0n) is 29.3. The maximum atomic E-state index is 13.5. The molecule has 1 fully saturated rings. The van der Waals surface area contributed by atoms with Crippen LogP contribution >= 0.6 is 23.1 Å². The van der Waals surface area contributed by atoms with Gasteiger partial charge >= 0.3 is 11.9 Å². The fourth-order valence-corrected chi connectivity index (χ4v) is 7.89. The number of phenols is 2. The largest absolute Gasteiger partial charge is 0.504 e. The van der Waals surface area contributed by atoms with Crippen molar-refractivity contribution in [2.45, 2.75) is 44.7 Å². The molecule has 54 heavy (non-hydrogen) atoms. The van der Waals surface area contributed by atoms with Gasteiger partial charge < -0.3 is 31.0 Å². The number of aromatic hydroxyl groups is 2. The van der Waals surface area contributed by atoms with E-state index in [9.17, 15) is 39.6 Å². The smallest absolute Gasteiger partial charge is 0.352 e. The molecule has 6 N–H and O–H groups in total. The summed E-state index contributed by atoms with van der Waals surface area (Å²) in [6.45, 7) is 5.09. The van der Waals surface area contributed by atoms with Crippen molar-refractivity contribution in [3.63, 3.8) is 0 Å². The predicted octanol–water partition coefficient (Wildman–Crippen LogP) is 4.57. The molecule has 1 amide bonds. The van der Waals surface area contributed by atoms with Crippen LogP contribution in [0.15, 0.2) is 88.8 Å². The Balaban J connectivity index is 1.13. The summed E-state index contributed by atoms with van der Waals surface area (Å²) in [5.41, 5.74) is 8.65. The van der Waals surface area contributed by atoms with E-state index < -0.39 is 40.5 Å². The fraction of sp³-hybridized carbons (Fsp3) is 0.237. The van der Waals surface area contributed by atoms with Crippen molar-refractivity contribution in [2.24, 2.45) is 11.1 Å². The van der Waals surface area contributed by atoms with E-state index in [-0.39, 0.29) is 45.9 Å². The van der Waals surface area contributed by atoms with Crippen molar-refractivity contribution in [1.82, 2.24) is 9.88 Å². The summed E-state index contributed by atoms with van der Waals surface area (Å²) in [6.07, 6.45) is 7.08. The number of hydrogen-bond donors (Lipinski definition) is 5. The minimum absolute atomic E-state index is 0.0761. The molecule has 6 rings (SSSR count). The van der Waals surface area contributed by atoms with Crippen LogP contribution < -0.4 is 10.3 Å². The lowest BCUT2D eigenvalue weighted by atomic mass is 9.89. The van der Waals surface area contributed by atoms with Gasteiger partial charge in [-0.05, 0) is 55.2 Å². The molecule has 0 bridgehead atoms. The number of carboxylic acid groups (broad SMARTS) is 2. The van der Waals surface area contributed by atoms with Crippen LogP contribution in [0.4, 0.5) is 5.13 Å². The van der Waals surface area contributed by atoms with Gasteiger partial charge in [0.05, 0.1) is 11.3 Å². The third-order valence-corrected chi connectivity index (χ3v) is 11.0. The van der Waals surface area contributed by atoms with E-state index in [0.717, 1.165) is 39.2 Å². The first kappa shape index (κ1) is 37.7. The summed E-state index contributed by atoms with van der Waals surface area (Å²) >= 11 is 2.39. The number of carbonyl (C=O) groups excluding carboxylic acids is 2. The van der Waals surface area contributed by atoms with Crippen LogP contribution in [-0.4, -0.2) is 76.4 Å². The number of thiazole rings is 1. The molecule has 2 atom stereocenters. The van der Waals surface area contributed by atoms with Crippen LogP contribution in [0.2, 0.25) is 0 Å². The molecule has 0 unspecified atom stereocenters. The van der Waals surface area contributed by atoms with Gasteiger partial charge in [0.2, 0.25) is 11.5 Å². The Kier molecular flexibility index (Phi) is 10.6. The average Bonchev–Trinajstić information content (AvgIpc) is 3.56. The maximum Gasteiger partial charge on any atom is 0.352 e. The van der Waals surface area contributed by atoms with Gasteiger partial charge in [0.1, 0.15) is 11.4 Å². The lowest BCUT2D eigenvalue weighted by molar-refractivity contribution is -0.688. The predicted molar refractivity (Wildman–Crippen MR) is 201 cm³/mol. The molecule has 4 heterocycles. The molecular formula is C38H36N5O9S2+. The topological polar surface area (TPSA) is 217 Å². The number of pyridine rings is 1. The quantitative estimate of drug-likeness (QED) is 0.0415. The maximum absolute atomic E-state index is 13.5. The summed E-state index contributed by atoms with van der Waals surface area (Å²) in [5, 5.41) is 43.9. The molecule has 1 saturated heterocycles. The lowest BCUT2D eigenvalue weighted by Gasteiger charge is -2.49. The molecule has 0 saturated carbocycles. The number of allylic oxidation sites excluding steroid dienone is 1. The Hall–Kier alpha value is -6.00. The summed E-state index contributed by atoms with van der Waals surface area (Å²) in [7, 11) is 0. The van der Waals surface area contributed by atoms with Gasteiger partial charge in [-0.25, -0.2) is 19.1 Å². The molecule has 4 aromatic rings. The highest BCUT2D eigenvalue weighted by atomic mass is 32.2. The van der Waals surface area contributed by atoms with Gasteiger partial charge in [0.25, 0.3) is 0 Å². The molecule has 2 aliphatic heterocycles. The van der Waals surface area contributed by atoms with Crippen LogP contribution in [0.3, 0.4) is 0 Å². The van der Waals surface area contributed by atoms with Gasteiger partial charge in [0, 0.05) is 34.7 Å². The van der Waals surface area contributed by atoms with E-state index in [1.807, 2.05) is 54.2 Å². The highest BCUT2D eigenvalue weighted by Gasteiger charge is 2.54. The Morgan fingerprint density at radius 3 is 2.46 bits per heavy atom. The van der Waals surface area contributed by atoms with Crippen molar-refractivity contribution in [1.29, 1.82) is 0 Å². The van der Waals surface area contributed by atoms with Crippen LogP contribution in [0.5, 0.6) is 11.5 Å². The highest BCUT2D eigenvalue weighted by Crippen LogP contribution is 2.45. The van der Waals surface area contributed by atoms with E-state index in [4.69, 9.17) is 10.6 Å². The molecule has 278 valence electrons. The van der Waals surface area contributed by atoms with Gasteiger partial charge in [-0.3, -0.25) is 14.5 Å². The minimum atomic E-state index is -1.75. The first-order valence-electron chi connectivity index (χ1n) is 16.6. The number of anilines is 1. The number of fused-ring (bicyclic) bond motifs is 1. The van der Waals surface area contributed by atoms with Gasteiger partial charge in [-0.15, -0.1) is 23.1 Å². The van der Waals surface area contributed by atoms with Crippen molar-refractivity contribution in [3.05, 3.63) is 106 Å². The zero-order valence-corrected chi connectivity index (χ0v) is 30.9. The number of carbonyl (C=O) groups is 4. The number of β-lactam (4-membered cyclic amide) rings is 1. The van der Waals surface area contributed by atoms with Gasteiger partial charge in [-0.1, -0.05) is 47.6 Å². The molecular weight excluding hydrogens is 735 g/mol. The average molecular weight is 771 g/mol. The second-order valence-electron chi connectivity index (χ2n) is 13.2. The van der Waals surface area contributed by atoms with Crippen molar-refractivity contribution in [2.75, 3.05) is 11.5 Å². The van der Waals surface area contributed by atoms with Crippen LogP contribution in [-0.2, 0) is 30.6 Å². The summed E-state index contributed by atoms with van der Waals surface area (Å²) in [4.78, 5) is 61.3. The van der Waals surface area contributed by atoms with Crippen LogP contribution in [0, 0.1) is 12.8 Å². The third kappa shape index (κ3) is 7.84. The number of carboxylic acids is 2. The SMILES string of the molecule is Cc1c[n+](Cc2ccc(C=CC3=C(C(=O)O)N4C(=O)[C@@H](CC(=O)/C(=N\OC(C)(C)C(=O)O)c5csc(N)n5)[C@H]4SC3)cc2)ccc1-c1ccc(O)c(O)c1. The third-order valence-electron chi connectivity index (χ3n) is 8.95. The monoisotopic (exact) mass is 770 g/mol. The highest BCUT2D eigenvalue weighted by molar-refractivity contribution is 8.00. The van der Waals surface area contributed by atoms with E-state index in [0.29, 0.717) is 12.1 Å². The molecule has 2 aromatic heterocycles. The number of aromatic nitrogens is 2. The number of benzene rings is 2. The molecule has 14 nitrogen and oxygen atoms in total. The summed E-state index contributed by atoms with van der Waals surface area (Å²) < 4.78 is 2.03. The number of amides is 1. The molecule has 2 aromatic carbocycles. The molecule has 16 heteroatoms. The van der Waals surface area contributed by atoms with Gasteiger partial charge in [0.15, 0.2) is 47.1 Å². The second-order valence-corrected chi connectivity index (χ2v) is 15.2. The normalized spacial score (nSPS) is 17.4. The Bertz CT molecular complexity index is 2260. The molecule has 0 radical (unpaired) electrons. The number of ketones is 1. The van der Waals surface area contributed by atoms with Crippen LogP contribution in [0.1, 0.15) is 42.7 Å². The van der Waals surface area contributed by atoms with E-state index in [2.05, 4.69) is 10.1 Å². The number of rotatable bonds is 13. The number of nitrogens with zero attached hydrogens (tertiary/aromatic N) is 4. The van der Waals surface area contributed by atoms with Crippen LogP contribution in [0.25, 0.3) is 17.2 Å². The molecule has 0 spiro atoms.